The fraction of sp³-hybridized carbons (Fsp3) is 0.692. The summed E-state index contributed by atoms with van der Waals surface area (Å²) < 4.78 is 24.3. The standard InChI is InChI=1S/C16H23O6P.C12H22N2O5.C12H23O6P.C11H20O4.CO2/c1-16(2,3)8-9-23(21,22)10-13(15(19)20)11-6-4-5-7-12(11)14(17)18;1-12(2,3)6-7-13-11(19)14-8(10(17)18)4-5-9(15)16;1-12(2,3)6-7-19(17,18)8-9(11(15)16)4-5-10(13)14;1-11(2,3)7-6-8(10(14)15)4-5-9(12)13;2-1-3/h4-7,13H,8-10H2,1-3H3,(H,17,18)(H,19,20)(H,21,22);8H,4-7H2,1-3H3,(H,15,16)(H,17,18)(H2,13,14,19);9H,4-8H2,1-3H3,(H,13,14)(H,15,16)(H,17,18);8H,4-7H2,1-3H3,(H,12,13)(H,14,15);/t;8-;;;/m.0.../s1. The van der Waals surface area contributed by atoms with Gasteiger partial charge in [-0.05, 0) is 84.7 Å². The molecular formula is C52H88N2O23P2. The van der Waals surface area contributed by atoms with E-state index in [0.717, 1.165) is 12.8 Å². The number of benzene rings is 1. The number of carbonyl (C=O) groups excluding carboxylic acids is 3. The quantitative estimate of drug-likeness (QED) is 0.0350. The number of rotatable bonds is 28. The molecule has 0 aromatic heterocycles. The van der Waals surface area contributed by atoms with Gasteiger partial charge in [0.1, 0.15) is 6.04 Å². The molecule has 0 spiro atoms. The Morgan fingerprint density at radius 1 is 0.506 bits per heavy atom. The lowest BCUT2D eigenvalue weighted by molar-refractivity contribution is -0.192. The van der Waals surface area contributed by atoms with Crippen LogP contribution in [0.4, 0.5) is 4.79 Å². The van der Waals surface area contributed by atoms with Crippen LogP contribution in [0.25, 0.3) is 0 Å². The van der Waals surface area contributed by atoms with E-state index in [0.29, 0.717) is 25.8 Å². The molecule has 0 saturated carbocycles. The molecule has 0 heterocycles. The Balaban J connectivity index is -0.000000471. The minimum absolute atomic E-state index is 0.00944. The topological polar surface area (TPSA) is 448 Å². The van der Waals surface area contributed by atoms with Crippen LogP contribution in [0.5, 0.6) is 0 Å². The van der Waals surface area contributed by atoms with E-state index in [9.17, 15) is 72.3 Å². The lowest BCUT2D eigenvalue weighted by atomic mass is 9.85. The molecule has 1 aromatic rings. The molecule has 2 amide bonds. The van der Waals surface area contributed by atoms with E-state index in [2.05, 4.69) is 10.6 Å². The summed E-state index contributed by atoms with van der Waals surface area (Å²) in [5, 5.41) is 75.6. The van der Waals surface area contributed by atoms with Gasteiger partial charge in [0.05, 0.1) is 23.3 Å². The first-order valence-corrected chi connectivity index (χ1v) is 29.2. The van der Waals surface area contributed by atoms with Crippen LogP contribution in [0, 0.1) is 33.5 Å². The molecule has 1 rings (SSSR count). The first-order chi connectivity index (χ1) is 35.6. The van der Waals surface area contributed by atoms with Crippen molar-refractivity contribution in [3.05, 3.63) is 35.4 Å². The molecule has 79 heavy (non-hydrogen) atoms. The molecule has 0 aliphatic rings. The summed E-state index contributed by atoms with van der Waals surface area (Å²) in [5.41, 5.74) is -0.179. The van der Waals surface area contributed by atoms with Crippen molar-refractivity contribution in [3.63, 3.8) is 0 Å². The van der Waals surface area contributed by atoms with E-state index < -0.39 is 98.5 Å². The third kappa shape index (κ3) is 48.8. The monoisotopic (exact) mass is 1170 g/mol. The van der Waals surface area contributed by atoms with E-state index in [-0.39, 0.29) is 95.9 Å². The van der Waals surface area contributed by atoms with Crippen LogP contribution in [0.3, 0.4) is 0 Å². The summed E-state index contributed by atoms with van der Waals surface area (Å²) in [6, 6.07) is 3.91. The molecular weight excluding hydrogens is 1080 g/mol. The highest BCUT2D eigenvalue weighted by molar-refractivity contribution is 7.58. The van der Waals surface area contributed by atoms with Gasteiger partial charge in [0, 0.05) is 50.5 Å². The smallest absolute Gasteiger partial charge is 0.373 e. The number of aromatic carboxylic acids is 1. The second-order valence-corrected chi connectivity index (χ2v) is 28.6. The second-order valence-electron chi connectivity index (χ2n) is 23.6. The van der Waals surface area contributed by atoms with Gasteiger partial charge in [-0.25, -0.2) is 14.4 Å². The Kier molecular flexibility index (Phi) is 38.0. The number of urea groups is 1. The van der Waals surface area contributed by atoms with Gasteiger partial charge < -0.3 is 61.3 Å². The van der Waals surface area contributed by atoms with Crippen molar-refractivity contribution in [2.24, 2.45) is 33.5 Å². The molecule has 0 radical (unpaired) electrons. The third-order valence-electron chi connectivity index (χ3n) is 11.0. The number of amides is 2. The predicted molar refractivity (Wildman–Crippen MR) is 290 cm³/mol. The van der Waals surface area contributed by atoms with E-state index in [1.807, 2.05) is 83.1 Å². The van der Waals surface area contributed by atoms with Crippen molar-refractivity contribution in [2.45, 2.75) is 166 Å². The molecule has 0 bridgehead atoms. The number of carboxylic acids is 8. The summed E-state index contributed by atoms with van der Waals surface area (Å²) in [7, 11) is -7.22. The number of hydrogen-bond acceptors (Lipinski definition) is 13. The maximum absolute atomic E-state index is 12.4. The lowest BCUT2D eigenvalue weighted by Gasteiger charge is -2.23. The van der Waals surface area contributed by atoms with E-state index in [1.54, 1.807) is 0 Å². The number of nitrogens with one attached hydrogen (secondary N) is 2. The lowest BCUT2D eigenvalue weighted by Crippen LogP contribution is -2.46. The molecule has 5 unspecified atom stereocenters. The van der Waals surface area contributed by atoms with Gasteiger partial charge in [-0.1, -0.05) is 101 Å². The van der Waals surface area contributed by atoms with Crippen molar-refractivity contribution in [3.8, 4) is 0 Å². The summed E-state index contributed by atoms with van der Waals surface area (Å²) in [6.07, 6.45) is 1.87. The SMILES string of the molecule is CC(C)(C)CCC(CCC(=O)O)C(=O)O.CC(C)(C)CCNC(=O)N[C@@H](CCC(=O)O)C(=O)O.CC(C)(C)CCP(=O)(O)CC(C(=O)O)c1ccccc1C(=O)O.CC(C)(C)CCP(=O)(O)CC(CCC(=O)O)C(=O)O.O=C=O. The zero-order chi connectivity index (χ0) is 62.9. The van der Waals surface area contributed by atoms with E-state index >= 15 is 0 Å². The first kappa shape index (κ1) is 79.5. The van der Waals surface area contributed by atoms with Gasteiger partial charge in [0.25, 0.3) is 0 Å². The Bertz CT molecular complexity index is 2250. The van der Waals surface area contributed by atoms with Crippen LogP contribution >= 0.6 is 14.7 Å². The highest BCUT2D eigenvalue weighted by Crippen LogP contribution is 2.48. The predicted octanol–water partition coefficient (Wildman–Crippen LogP) is 8.35. The largest absolute Gasteiger partial charge is 0.481 e. The van der Waals surface area contributed by atoms with Gasteiger partial charge in [0.15, 0.2) is 0 Å². The molecule has 0 aliphatic heterocycles. The molecule has 6 atom stereocenters. The molecule has 0 aliphatic carbocycles. The van der Waals surface area contributed by atoms with Gasteiger partial charge in [0.2, 0.25) is 14.7 Å². The molecule has 27 heteroatoms. The van der Waals surface area contributed by atoms with Crippen LogP contribution in [0.2, 0.25) is 0 Å². The van der Waals surface area contributed by atoms with Crippen molar-refractivity contribution in [1.82, 2.24) is 10.6 Å². The van der Waals surface area contributed by atoms with E-state index in [1.165, 1.54) is 24.3 Å². The Hall–Kier alpha value is -5.99. The van der Waals surface area contributed by atoms with Crippen molar-refractivity contribution >= 4 is 74.7 Å². The fourth-order valence-corrected chi connectivity index (χ4v) is 10.7. The number of aliphatic carboxylic acids is 7. The average Bonchev–Trinajstić information content (AvgIpc) is 3.26. The summed E-state index contributed by atoms with van der Waals surface area (Å²) in [6.45, 7) is 24.3. The molecule has 0 fully saturated rings. The first-order valence-electron chi connectivity index (χ1n) is 25.2. The highest BCUT2D eigenvalue weighted by Gasteiger charge is 2.34. The van der Waals surface area contributed by atoms with Gasteiger partial charge in [-0.2, -0.15) is 9.59 Å². The summed E-state index contributed by atoms with van der Waals surface area (Å²) in [4.78, 5) is 134. The van der Waals surface area contributed by atoms with Crippen molar-refractivity contribution in [2.75, 3.05) is 31.2 Å². The number of carbonyl (C=O) groups is 9. The fourth-order valence-electron chi connectivity index (χ4n) is 6.31. The van der Waals surface area contributed by atoms with Crippen molar-refractivity contribution < 1.29 is 113 Å². The Morgan fingerprint density at radius 3 is 1.24 bits per heavy atom. The maximum Gasteiger partial charge on any atom is 0.373 e. The van der Waals surface area contributed by atoms with E-state index in [4.69, 9.17) is 40.2 Å². The molecule has 12 N–H and O–H groups in total. The van der Waals surface area contributed by atoms with Gasteiger partial charge in [-0.15, -0.1) is 0 Å². The highest BCUT2D eigenvalue weighted by atomic mass is 31.2. The Labute approximate surface area is 462 Å². The minimum Gasteiger partial charge on any atom is -0.481 e. The summed E-state index contributed by atoms with van der Waals surface area (Å²) in [5.74, 6) is -12.0. The number of carboxylic acid groups (broad SMARTS) is 8. The van der Waals surface area contributed by atoms with Crippen LogP contribution in [0.15, 0.2) is 24.3 Å². The number of hydrogen-bond donors (Lipinski definition) is 12. The zero-order valence-corrected chi connectivity index (χ0v) is 49.4. The van der Waals surface area contributed by atoms with Crippen LogP contribution < -0.4 is 10.6 Å². The van der Waals surface area contributed by atoms with Crippen LogP contribution in [0.1, 0.15) is 176 Å². The normalized spacial score (nSPS) is 14.3. The van der Waals surface area contributed by atoms with Gasteiger partial charge >= 0.3 is 59.9 Å². The molecule has 0 saturated heterocycles. The maximum atomic E-state index is 12.4. The average molecular weight is 1170 g/mol. The molecule has 25 nitrogen and oxygen atoms in total. The minimum atomic E-state index is -3.69. The zero-order valence-electron chi connectivity index (χ0n) is 47.6. The third-order valence-corrected chi connectivity index (χ3v) is 14.8. The van der Waals surface area contributed by atoms with Gasteiger partial charge in [-0.3, -0.25) is 37.9 Å². The van der Waals surface area contributed by atoms with Crippen LogP contribution in [-0.4, -0.2) is 148 Å². The summed E-state index contributed by atoms with van der Waals surface area (Å²) >= 11 is 0. The molecule has 1 aromatic carbocycles. The second kappa shape index (κ2) is 37.8. The van der Waals surface area contributed by atoms with Crippen molar-refractivity contribution in [1.29, 1.82) is 0 Å². The Morgan fingerprint density at radius 2 is 0.886 bits per heavy atom. The molecule has 454 valence electrons. The van der Waals surface area contributed by atoms with Crippen LogP contribution in [-0.2, 0) is 52.3 Å².